The zero-order chi connectivity index (χ0) is 14.3. The van der Waals surface area contributed by atoms with E-state index < -0.39 is 6.03 Å². The zero-order valence-corrected chi connectivity index (χ0v) is 11.6. The molecule has 0 aliphatic carbocycles. The average molecular weight is 263 g/mol. The van der Waals surface area contributed by atoms with E-state index in [1.165, 1.54) is 0 Å². The fourth-order valence-corrected chi connectivity index (χ4v) is 1.39. The van der Waals surface area contributed by atoms with Crippen LogP contribution >= 0.6 is 0 Å². The number of aromatic nitrogens is 1. The highest BCUT2D eigenvalue weighted by atomic mass is 16.2. The Bertz CT molecular complexity index is 456. The maximum atomic E-state index is 10.9. The molecule has 104 valence electrons. The van der Waals surface area contributed by atoms with Gasteiger partial charge in [0.15, 0.2) is 5.96 Å². The van der Waals surface area contributed by atoms with Crippen LogP contribution in [0.4, 0.5) is 4.79 Å². The normalized spacial score (nSPS) is 11.5. The highest BCUT2D eigenvalue weighted by Gasteiger charge is 2.04. The van der Waals surface area contributed by atoms with Gasteiger partial charge in [0.1, 0.15) is 0 Å². The van der Waals surface area contributed by atoms with Crippen LogP contribution in [0.2, 0.25) is 0 Å². The Labute approximate surface area is 113 Å². The molecule has 0 aliphatic heterocycles. The number of nitrogens with one attached hydrogen (secondary N) is 2. The van der Waals surface area contributed by atoms with Crippen molar-refractivity contribution in [3.05, 3.63) is 29.6 Å². The largest absolute Gasteiger partial charge is 0.356 e. The zero-order valence-electron chi connectivity index (χ0n) is 11.6. The molecule has 1 aromatic rings. The lowest BCUT2D eigenvalue weighted by Crippen LogP contribution is -2.44. The molecule has 0 saturated carbocycles. The number of primary amides is 1. The van der Waals surface area contributed by atoms with Gasteiger partial charge in [0.2, 0.25) is 0 Å². The lowest BCUT2D eigenvalue weighted by atomic mass is 10.2. The van der Waals surface area contributed by atoms with Gasteiger partial charge in [-0.2, -0.15) is 0 Å². The summed E-state index contributed by atoms with van der Waals surface area (Å²) in [7, 11) is 0. The molecule has 0 bridgehead atoms. The van der Waals surface area contributed by atoms with Gasteiger partial charge < -0.3 is 11.1 Å². The van der Waals surface area contributed by atoms with E-state index in [4.69, 9.17) is 5.73 Å². The average Bonchev–Trinajstić information content (AvgIpc) is 2.33. The SMILES string of the molecule is Cc1cccnc1CN=C(NCC(C)C)NC(N)=O. The molecule has 1 heterocycles. The van der Waals surface area contributed by atoms with Crippen molar-refractivity contribution in [3.8, 4) is 0 Å². The molecule has 0 unspecified atom stereocenters. The monoisotopic (exact) mass is 263 g/mol. The Morgan fingerprint density at radius 3 is 2.84 bits per heavy atom. The molecule has 6 heteroatoms. The van der Waals surface area contributed by atoms with Crippen LogP contribution in [0.25, 0.3) is 0 Å². The van der Waals surface area contributed by atoms with Crippen molar-refractivity contribution in [1.82, 2.24) is 15.6 Å². The Morgan fingerprint density at radius 1 is 1.53 bits per heavy atom. The van der Waals surface area contributed by atoms with Crippen LogP contribution in [0.3, 0.4) is 0 Å². The van der Waals surface area contributed by atoms with Gasteiger partial charge in [0.25, 0.3) is 0 Å². The second-order valence-corrected chi connectivity index (χ2v) is 4.70. The van der Waals surface area contributed by atoms with Crippen LogP contribution in [0.5, 0.6) is 0 Å². The standard InChI is InChI=1S/C13H21N5O/c1-9(2)7-16-13(18-12(14)19)17-8-11-10(3)5-4-6-15-11/h4-6,9H,7-8H2,1-3H3,(H4,14,16,17,18,19). The van der Waals surface area contributed by atoms with Gasteiger partial charge in [-0.15, -0.1) is 0 Å². The highest BCUT2D eigenvalue weighted by molar-refractivity contribution is 5.95. The van der Waals surface area contributed by atoms with E-state index in [-0.39, 0.29) is 0 Å². The third-order valence-electron chi connectivity index (χ3n) is 2.42. The summed E-state index contributed by atoms with van der Waals surface area (Å²) in [4.78, 5) is 19.5. The summed E-state index contributed by atoms with van der Waals surface area (Å²) < 4.78 is 0. The summed E-state index contributed by atoms with van der Waals surface area (Å²) >= 11 is 0. The number of carbonyl (C=O) groups is 1. The summed E-state index contributed by atoms with van der Waals surface area (Å²) in [6.45, 7) is 7.21. The topological polar surface area (TPSA) is 92.4 Å². The molecule has 0 aliphatic rings. The smallest absolute Gasteiger partial charge is 0.318 e. The summed E-state index contributed by atoms with van der Waals surface area (Å²) in [6, 6.07) is 3.22. The van der Waals surface area contributed by atoms with E-state index in [1.54, 1.807) is 6.20 Å². The first-order valence-corrected chi connectivity index (χ1v) is 6.24. The summed E-state index contributed by atoms with van der Waals surface area (Å²) in [5.74, 6) is 0.822. The quantitative estimate of drug-likeness (QED) is 0.562. The van der Waals surface area contributed by atoms with E-state index in [0.29, 0.717) is 25.0 Å². The number of pyridine rings is 1. The summed E-state index contributed by atoms with van der Waals surface area (Å²) in [5.41, 5.74) is 7.05. The number of amides is 2. The van der Waals surface area contributed by atoms with Crippen molar-refractivity contribution in [1.29, 1.82) is 0 Å². The third kappa shape index (κ3) is 5.85. The van der Waals surface area contributed by atoms with E-state index in [0.717, 1.165) is 11.3 Å². The molecule has 4 N–H and O–H groups in total. The first-order chi connectivity index (χ1) is 8.99. The van der Waals surface area contributed by atoms with Crippen molar-refractivity contribution in [2.45, 2.75) is 27.3 Å². The number of guanidine groups is 1. The number of aryl methyl sites for hydroxylation is 1. The maximum absolute atomic E-state index is 10.9. The number of carbonyl (C=O) groups excluding carboxylic acids is 1. The molecular formula is C13H21N5O. The van der Waals surface area contributed by atoms with Gasteiger partial charge in [0.05, 0.1) is 12.2 Å². The molecule has 19 heavy (non-hydrogen) atoms. The molecular weight excluding hydrogens is 242 g/mol. The van der Waals surface area contributed by atoms with Gasteiger partial charge >= 0.3 is 6.03 Å². The lowest BCUT2D eigenvalue weighted by molar-refractivity contribution is 0.252. The Morgan fingerprint density at radius 2 is 2.26 bits per heavy atom. The summed E-state index contributed by atoms with van der Waals surface area (Å²) in [6.07, 6.45) is 1.72. The van der Waals surface area contributed by atoms with Crippen LogP contribution in [-0.4, -0.2) is 23.5 Å². The number of hydrogen-bond acceptors (Lipinski definition) is 3. The van der Waals surface area contributed by atoms with Crippen molar-refractivity contribution in [3.63, 3.8) is 0 Å². The molecule has 2 amide bonds. The molecule has 0 atom stereocenters. The Balaban J connectivity index is 2.70. The van der Waals surface area contributed by atoms with Crippen LogP contribution in [-0.2, 0) is 6.54 Å². The van der Waals surface area contributed by atoms with Crippen molar-refractivity contribution >= 4 is 12.0 Å². The molecule has 0 aromatic carbocycles. The van der Waals surface area contributed by atoms with Crippen molar-refractivity contribution in [2.75, 3.05) is 6.54 Å². The van der Waals surface area contributed by atoms with Gasteiger partial charge in [-0.05, 0) is 24.5 Å². The number of nitrogens with zero attached hydrogens (tertiary/aromatic N) is 2. The minimum absolute atomic E-state index is 0.381. The molecule has 1 aromatic heterocycles. The number of nitrogens with two attached hydrogens (primary N) is 1. The van der Waals surface area contributed by atoms with Gasteiger partial charge in [0, 0.05) is 12.7 Å². The fraction of sp³-hybridized carbons (Fsp3) is 0.462. The molecule has 6 nitrogen and oxygen atoms in total. The van der Waals surface area contributed by atoms with E-state index >= 15 is 0 Å². The highest BCUT2D eigenvalue weighted by Crippen LogP contribution is 2.04. The first-order valence-electron chi connectivity index (χ1n) is 6.24. The molecule has 0 spiro atoms. The number of hydrogen-bond donors (Lipinski definition) is 3. The van der Waals surface area contributed by atoms with Gasteiger partial charge in [-0.3, -0.25) is 10.3 Å². The van der Waals surface area contributed by atoms with E-state index in [2.05, 4.69) is 34.5 Å². The third-order valence-corrected chi connectivity index (χ3v) is 2.42. The van der Waals surface area contributed by atoms with Crippen LogP contribution in [0.1, 0.15) is 25.1 Å². The number of urea groups is 1. The predicted octanol–water partition coefficient (Wildman–Crippen LogP) is 1.16. The minimum atomic E-state index is -0.632. The number of rotatable bonds is 4. The first kappa shape index (κ1) is 14.9. The van der Waals surface area contributed by atoms with E-state index in [9.17, 15) is 4.79 Å². The predicted molar refractivity (Wildman–Crippen MR) is 75.7 cm³/mol. The van der Waals surface area contributed by atoms with E-state index in [1.807, 2.05) is 19.1 Å². The maximum Gasteiger partial charge on any atom is 0.318 e. The Hall–Kier alpha value is -2.11. The fourth-order valence-electron chi connectivity index (χ4n) is 1.39. The van der Waals surface area contributed by atoms with Crippen LogP contribution in [0.15, 0.2) is 23.3 Å². The second kappa shape index (κ2) is 7.35. The molecule has 0 fully saturated rings. The van der Waals surface area contributed by atoms with Crippen molar-refractivity contribution in [2.24, 2.45) is 16.6 Å². The molecule has 1 rings (SSSR count). The molecule has 0 saturated heterocycles. The van der Waals surface area contributed by atoms with Gasteiger partial charge in [-0.1, -0.05) is 19.9 Å². The van der Waals surface area contributed by atoms with Gasteiger partial charge in [-0.25, -0.2) is 9.79 Å². The van der Waals surface area contributed by atoms with Crippen LogP contribution in [0, 0.1) is 12.8 Å². The number of aliphatic imine (C=N–C) groups is 1. The summed E-state index contributed by atoms with van der Waals surface area (Å²) in [5, 5.41) is 5.53. The van der Waals surface area contributed by atoms with Crippen molar-refractivity contribution < 1.29 is 4.79 Å². The lowest BCUT2D eigenvalue weighted by Gasteiger charge is -2.12. The Kier molecular flexibility index (Phi) is 5.78. The molecule has 0 radical (unpaired) electrons. The second-order valence-electron chi connectivity index (χ2n) is 4.70. The van der Waals surface area contributed by atoms with Crippen LogP contribution < -0.4 is 16.4 Å². The minimum Gasteiger partial charge on any atom is -0.356 e.